The van der Waals surface area contributed by atoms with E-state index in [1.54, 1.807) is 6.20 Å². The van der Waals surface area contributed by atoms with Crippen LogP contribution < -0.4 is 5.32 Å². The molecule has 2 N–H and O–H groups in total. The van der Waals surface area contributed by atoms with Gasteiger partial charge in [0.15, 0.2) is 0 Å². The number of aromatic nitrogens is 1. The Bertz CT molecular complexity index is 314. The smallest absolute Gasteiger partial charge is 0.0791 e. The van der Waals surface area contributed by atoms with Gasteiger partial charge in [-0.05, 0) is 31.6 Å². The Morgan fingerprint density at radius 3 is 2.67 bits per heavy atom. The summed E-state index contributed by atoms with van der Waals surface area (Å²) < 4.78 is 0. The molecule has 0 radical (unpaired) electrons. The maximum atomic E-state index is 9.96. The van der Waals surface area contributed by atoms with Crippen LogP contribution in [0.25, 0.3) is 0 Å². The van der Waals surface area contributed by atoms with E-state index >= 15 is 0 Å². The molecule has 1 aromatic heterocycles. The maximum Gasteiger partial charge on any atom is 0.0791 e. The normalized spacial score (nSPS) is 14.7. The first-order valence-corrected chi connectivity index (χ1v) is 6.71. The lowest BCUT2D eigenvalue weighted by molar-refractivity contribution is 0.114. The van der Waals surface area contributed by atoms with E-state index in [1.165, 1.54) is 0 Å². The molecule has 1 rings (SSSR count). The summed E-state index contributed by atoms with van der Waals surface area (Å²) in [6.07, 6.45) is 3.30. The third-order valence-corrected chi connectivity index (χ3v) is 3.21. The minimum atomic E-state index is -0.330. The van der Waals surface area contributed by atoms with Gasteiger partial charge in [0.25, 0.3) is 0 Å². The first-order chi connectivity index (χ1) is 8.67. The molecule has 102 valence electrons. The summed E-state index contributed by atoms with van der Waals surface area (Å²) in [6.45, 7) is 9.59. The molecule has 0 spiro atoms. The highest BCUT2D eigenvalue weighted by Gasteiger charge is 2.11. The van der Waals surface area contributed by atoms with Crippen LogP contribution in [0.15, 0.2) is 24.5 Å². The highest BCUT2D eigenvalue weighted by atomic mass is 16.3. The summed E-state index contributed by atoms with van der Waals surface area (Å²) in [5.74, 6) is 0. The van der Waals surface area contributed by atoms with Crippen molar-refractivity contribution < 1.29 is 5.11 Å². The fraction of sp³-hybridized carbons (Fsp3) is 0.643. The van der Waals surface area contributed by atoms with Crippen molar-refractivity contribution in [3.05, 3.63) is 30.1 Å². The van der Waals surface area contributed by atoms with Gasteiger partial charge in [-0.2, -0.15) is 0 Å². The summed E-state index contributed by atoms with van der Waals surface area (Å²) in [7, 11) is 0. The molecule has 0 saturated carbocycles. The van der Waals surface area contributed by atoms with E-state index in [1.807, 2.05) is 18.3 Å². The molecular weight excluding hydrogens is 226 g/mol. The predicted molar refractivity (Wildman–Crippen MR) is 74.4 cm³/mol. The highest BCUT2D eigenvalue weighted by molar-refractivity contribution is 5.12. The van der Waals surface area contributed by atoms with Gasteiger partial charge >= 0.3 is 0 Å². The summed E-state index contributed by atoms with van der Waals surface area (Å²) in [6, 6.07) is 4.19. The third-order valence-electron chi connectivity index (χ3n) is 3.21. The van der Waals surface area contributed by atoms with Gasteiger partial charge in [-0.25, -0.2) is 0 Å². The second-order valence-corrected chi connectivity index (χ2v) is 4.56. The van der Waals surface area contributed by atoms with Crippen LogP contribution in [0.4, 0.5) is 0 Å². The van der Waals surface area contributed by atoms with Gasteiger partial charge < -0.3 is 15.3 Å². The van der Waals surface area contributed by atoms with Gasteiger partial charge in [-0.1, -0.05) is 19.9 Å². The van der Waals surface area contributed by atoms with E-state index in [0.29, 0.717) is 6.54 Å². The largest absolute Gasteiger partial charge is 0.390 e. The van der Waals surface area contributed by atoms with Gasteiger partial charge in [-0.15, -0.1) is 0 Å². The molecule has 0 aromatic carbocycles. The standard InChI is InChI=1S/C14H25N3O/c1-4-17(5-2)11-14(18)10-16-12(3)13-7-6-8-15-9-13/h6-9,12,14,16,18H,4-5,10-11H2,1-3H3/t12-,14?/m1/s1. The minimum Gasteiger partial charge on any atom is -0.390 e. The van der Waals surface area contributed by atoms with Crippen molar-refractivity contribution >= 4 is 0 Å². The average molecular weight is 251 g/mol. The molecule has 1 heterocycles. The Kier molecular flexibility index (Phi) is 6.86. The highest BCUT2D eigenvalue weighted by Crippen LogP contribution is 2.09. The molecule has 4 heteroatoms. The van der Waals surface area contributed by atoms with E-state index in [9.17, 15) is 5.11 Å². The summed E-state index contributed by atoms with van der Waals surface area (Å²) >= 11 is 0. The van der Waals surface area contributed by atoms with E-state index < -0.39 is 0 Å². The second-order valence-electron chi connectivity index (χ2n) is 4.56. The van der Waals surface area contributed by atoms with Gasteiger partial charge in [0.05, 0.1) is 6.10 Å². The quantitative estimate of drug-likeness (QED) is 0.734. The molecule has 4 nitrogen and oxygen atoms in total. The zero-order valence-corrected chi connectivity index (χ0v) is 11.6. The number of hydrogen-bond donors (Lipinski definition) is 2. The molecular formula is C14H25N3O. The molecule has 0 aliphatic heterocycles. The van der Waals surface area contributed by atoms with Crippen molar-refractivity contribution in [2.45, 2.75) is 32.9 Å². The van der Waals surface area contributed by atoms with Crippen molar-refractivity contribution in [2.75, 3.05) is 26.2 Å². The van der Waals surface area contributed by atoms with Gasteiger partial charge in [0, 0.05) is 31.5 Å². The summed E-state index contributed by atoms with van der Waals surface area (Å²) in [5.41, 5.74) is 1.15. The van der Waals surface area contributed by atoms with Crippen LogP contribution in [-0.2, 0) is 0 Å². The molecule has 0 aliphatic rings. The molecule has 0 aliphatic carbocycles. The number of rotatable bonds is 8. The van der Waals surface area contributed by atoms with E-state index in [4.69, 9.17) is 0 Å². The number of likely N-dealkylation sites (N-methyl/N-ethyl adjacent to an activating group) is 1. The van der Waals surface area contributed by atoms with E-state index in [0.717, 1.165) is 25.2 Å². The zero-order chi connectivity index (χ0) is 13.4. The summed E-state index contributed by atoms with van der Waals surface area (Å²) in [4.78, 5) is 6.32. The number of aliphatic hydroxyl groups is 1. The van der Waals surface area contributed by atoms with Crippen molar-refractivity contribution in [1.29, 1.82) is 0 Å². The fourth-order valence-corrected chi connectivity index (χ4v) is 1.91. The second kappa shape index (κ2) is 8.19. The molecule has 0 bridgehead atoms. The van der Waals surface area contributed by atoms with Crippen LogP contribution in [0.2, 0.25) is 0 Å². The van der Waals surface area contributed by atoms with Gasteiger partial charge in [0.1, 0.15) is 0 Å². The molecule has 0 saturated heterocycles. The monoisotopic (exact) mass is 251 g/mol. The first kappa shape index (κ1) is 15.1. The van der Waals surface area contributed by atoms with Crippen molar-refractivity contribution in [3.8, 4) is 0 Å². The molecule has 1 unspecified atom stereocenters. The Balaban J connectivity index is 2.32. The van der Waals surface area contributed by atoms with Crippen molar-refractivity contribution in [2.24, 2.45) is 0 Å². The number of aliphatic hydroxyl groups excluding tert-OH is 1. The Labute approximate surface area is 110 Å². The summed E-state index contributed by atoms with van der Waals surface area (Å²) in [5, 5.41) is 13.3. The van der Waals surface area contributed by atoms with Gasteiger partial charge in [0.2, 0.25) is 0 Å². The Hall–Kier alpha value is -0.970. The lowest BCUT2D eigenvalue weighted by Gasteiger charge is -2.23. The minimum absolute atomic E-state index is 0.213. The van der Waals surface area contributed by atoms with Crippen LogP contribution in [0, 0.1) is 0 Å². The lowest BCUT2D eigenvalue weighted by Crippen LogP contribution is -2.38. The van der Waals surface area contributed by atoms with E-state index in [-0.39, 0.29) is 12.1 Å². The molecule has 2 atom stereocenters. The predicted octanol–water partition coefficient (Wildman–Crippen LogP) is 1.43. The van der Waals surface area contributed by atoms with E-state index in [2.05, 4.69) is 36.0 Å². The first-order valence-electron chi connectivity index (χ1n) is 6.71. The van der Waals surface area contributed by atoms with Crippen molar-refractivity contribution in [3.63, 3.8) is 0 Å². The zero-order valence-electron chi connectivity index (χ0n) is 11.6. The fourth-order valence-electron chi connectivity index (χ4n) is 1.91. The Morgan fingerprint density at radius 2 is 2.11 bits per heavy atom. The Morgan fingerprint density at radius 1 is 1.39 bits per heavy atom. The number of nitrogens with one attached hydrogen (secondary N) is 1. The molecule has 1 aromatic rings. The molecule has 0 fully saturated rings. The van der Waals surface area contributed by atoms with Crippen molar-refractivity contribution in [1.82, 2.24) is 15.2 Å². The van der Waals surface area contributed by atoms with Crippen LogP contribution >= 0.6 is 0 Å². The van der Waals surface area contributed by atoms with Crippen LogP contribution in [-0.4, -0.2) is 47.3 Å². The topological polar surface area (TPSA) is 48.4 Å². The SMILES string of the molecule is CCN(CC)CC(O)CN[C@H](C)c1cccnc1. The molecule has 0 amide bonds. The lowest BCUT2D eigenvalue weighted by atomic mass is 10.1. The van der Waals surface area contributed by atoms with Crippen LogP contribution in [0.5, 0.6) is 0 Å². The average Bonchev–Trinajstić information content (AvgIpc) is 2.43. The van der Waals surface area contributed by atoms with Crippen LogP contribution in [0.1, 0.15) is 32.4 Å². The third kappa shape index (κ3) is 5.12. The number of nitrogens with zero attached hydrogens (tertiary/aromatic N) is 2. The number of hydrogen-bond acceptors (Lipinski definition) is 4. The van der Waals surface area contributed by atoms with Gasteiger partial charge in [-0.3, -0.25) is 4.98 Å². The van der Waals surface area contributed by atoms with Crippen LogP contribution in [0.3, 0.4) is 0 Å². The number of pyridine rings is 1. The molecule has 18 heavy (non-hydrogen) atoms. The maximum absolute atomic E-state index is 9.96.